The smallest absolute Gasteiger partial charge is 0.224 e. The van der Waals surface area contributed by atoms with E-state index in [1.165, 1.54) is 5.56 Å². The zero-order valence-electron chi connectivity index (χ0n) is 13.3. The van der Waals surface area contributed by atoms with Gasteiger partial charge in [-0.25, -0.2) is 0 Å². The number of rotatable bonds is 6. The number of nitrogens with one attached hydrogen (secondary N) is 1. The second kappa shape index (κ2) is 7.12. The fraction of sp³-hybridized carbons (Fsp3) is 0.316. The van der Waals surface area contributed by atoms with Crippen molar-refractivity contribution in [2.75, 3.05) is 12.3 Å². The summed E-state index contributed by atoms with van der Waals surface area (Å²) in [5, 5.41) is 3.04. The van der Waals surface area contributed by atoms with Crippen LogP contribution in [0.15, 0.2) is 54.6 Å². The first-order valence-electron chi connectivity index (χ1n) is 7.60. The monoisotopic (exact) mass is 296 g/mol. The minimum Gasteiger partial charge on any atom is -0.399 e. The normalized spacial score (nSPS) is 11.2. The van der Waals surface area contributed by atoms with E-state index in [9.17, 15) is 4.79 Å². The second-order valence-electron chi connectivity index (χ2n) is 6.52. The van der Waals surface area contributed by atoms with E-state index in [1.54, 1.807) is 0 Å². The molecule has 0 saturated carbocycles. The van der Waals surface area contributed by atoms with Crippen molar-refractivity contribution in [1.29, 1.82) is 0 Å². The minimum absolute atomic E-state index is 0.0259. The van der Waals surface area contributed by atoms with Crippen LogP contribution in [0.3, 0.4) is 0 Å². The van der Waals surface area contributed by atoms with Gasteiger partial charge in [-0.3, -0.25) is 4.79 Å². The molecule has 116 valence electrons. The van der Waals surface area contributed by atoms with Crippen molar-refractivity contribution in [3.8, 4) is 0 Å². The van der Waals surface area contributed by atoms with E-state index >= 15 is 0 Å². The molecule has 22 heavy (non-hydrogen) atoms. The molecule has 3 nitrogen and oxygen atoms in total. The molecule has 0 saturated heterocycles. The molecule has 0 unspecified atom stereocenters. The van der Waals surface area contributed by atoms with Crippen molar-refractivity contribution in [1.82, 2.24) is 5.32 Å². The molecule has 1 amide bonds. The van der Waals surface area contributed by atoms with Crippen LogP contribution < -0.4 is 11.1 Å². The van der Waals surface area contributed by atoms with Crippen molar-refractivity contribution in [2.24, 2.45) is 5.41 Å². The highest BCUT2D eigenvalue weighted by Gasteiger charge is 2.19. The molecule has 3 N–H and O–H groups in total. The summed E-state index contributed by atoms with van der Waals surface area (Å²) < 4.78 is 0. The zero-order valence-corrected chi connectivity index (χ0v) is 13.3. The Morgan fingerprint density at radius 3 is 2.27 bits per heavy atom. The topological polar surface area (TPSA) is 55.1 Å². The second-order valence-corrected chi connectivity index (χ2v) is 6.52. The van der Waals surface area contributed by atoms with Crippen molar-refractivity contribution in [3.05, 3.63) is 65.7 Å². The fourth-order valence-electron chi connectivity index (χ4n) is 2.43. The molecule has 2 aromatic carbocycles. The average Bonchev–Trinajstić information content (AvgIpc) is 2.48. The van der Waals surface area contributed by atoms with Gasteiger partial charge < -0.3 is 11.1 Å². The minimum atomic E-state index is 0.0259. The lowest BCUT2D eigenvalue weighted by Crippen LogP contribution is -2.36. The number of carbonyl (C=O) groups excluding carboxylic acids is 1. The van der Waals surface area contributed by atoms with E-state index in [4.69, 9.17) is 5.73 Å². The van der Waals surface area contributed by atoms with E-state index in [1.807, 2.05) is 42.5 Å². The van der Waals surface area contributed by atoms with E-state index < -0.39 is 0 Å². The van der Waals surface area contributed by atoms with Crippen LogP contribution in [0.1, 0.15) is 25.0 Å². The maximum Gasteiger partial charge on any atom is 0.224 e. The van der Waals surface area contributed by atoms with E-state index in [2.05, 4.69) is 31.3 Å². The molecule has 0 aliphatic carbocycles. The Morgan fingerprint density at radius 2 is 1.64 bits per heavy atom. The zero-order chi connectivity index (χ0) is 16.0. The third-order valence-electron chi connectivity index (χ3n) is 3.63. The van der Waals surface area contributed by atoms with E-state index in [0.29, 0.717) is 18.7 Å². The Kier molecular flexibility index (Phi) is 5.21. The Hall–Kier alpha value is -2.29. The van der Waals surface area contributed by atoms with Crippen LogP contribution in [0, 0.1) is 5.41 Å². The third kappa shape index (κ3) is 5.24. The molecule has 0 spiro atoms. The summed E-state index contributed by atoms with van der Waals surface area (Å²) >= 11 is 0. The van der Waals surface area contributed by atoms with Gasteiger partial charge in [0.25, 0.3) is 0 Å². The number of anilines is 1. The third-order valence-corrected chi connectivity index (χ3v) is 3.63. The molecule has 2 aromatic rings. The van der Waals surface area contributed by atoms with Crippen LogP contribution >= 0.6 is 0 Å². The Bertz CT molecular complexity index is 603. The molecule has 0 heterocycles. The van der Waals surface area contributed by atoms with Gasteiger partial charge in [0.1, 0.15) is 0 Å². The Balaban J connectivity index is 1.83. The summed E-state index contributed by atoms with van der Waals surface area (Å²) in [6, 6.07) is 17.8. The van der Waals surface area contributed by atoms with Gasteiger partial charge in [0.2, 0.25) is 5.91 Å². The van der Waals surface area contributed by atoms with Crippen LogP contribution in [0.2, 0.25) is 0 Å². The van der Waals surface area contributed by atoms with Crippen molar-refractivity contribution >= 4 is 11.6 Å². The number of benzene rings is 2. The molecule has 0 aliphatic heterocycles. The van der Waals surface area contributed by atoms with Gasteiger partial charge in [0.15, 0.2) is 0 Å². The van der Waals surface area contributed by atoms with Gasteiger partial charge in [0, 0.05) is 12.2 Å². The number of nitrogen functional groups attached to an aromatic ring is 1. The molecular formula is C19H24N2O. The van der Waals surface area contributed by atoms with Gasteiger partial charge in [-0.2, -0.15) is 0 Å². The summed E-state index contributed by atoms with van der Waals surface area (Å²) in [6.45, 7) is 5.00. The van der Waals surface area contributed by atoms with Gasteiger partial charge in [-0.1, -0.05) is 56.3 Å². The molecule has 0 fully saturated rings. The Morgan fingerprint density at radius 1 is 1.00 bits per heavy atom. The Labute approximate surface area is 132 Å². The van der Waals surface area contributed by atoms with E-state index in [0.717, 1.165) is 12.0 Å². The first-order chi connectivity index (χ1) is 10.4. The molecule has 2 rings (SSSR count). The fourth-order valence-corrected chi connectivity index (χ4v) is 2.43. The highest BCUT2D eigenvalue weighted by molar-refractivity contribution is 5.78. The van der Waals surface area contributed by atoms with Crippen LogP contribution in [0.4, 0.5) is 5.69 Å². The first kappa shape index (κ1) is 16.1. The quantitative estimate of drug-likeness (QED) is 0.804. The van der Waals surface area contributed by atoms with E-state index in [-0.39, 0.29) is 11.3 Å². The molecule has 3 heteroatoms. The summed E-state index contributed by atoms with van der Waals surface area (Å²) in [4.78, 5) is 12.1. The molecule has 0 radical (unpaired) electrons. The van der Waals surface area contributed by atoms with Crippen LogP contribution in [-0.4, -0.2) is 12.5 Å². The summed E-state index contributed by atoms with van der Waals surface area (Å²) in [6.07, 6.45) is 1.33. The summed E-state index contributed by atoms with van der Waals surface area (Å²) in [7, 11) is 0. The lowest BCUT2D eigenvalue weighted by molar-refractivity contribution is -0.120. The van der Waals surface area contributed by atoms with Crippen molar-refractivity contribution in [3.63, 3.8) is 0 Å². The number of carbonyl (C=O) groups is 1. The molecule has 0 atom stereocenters. The molecule has 0 aromatic heterocycles. The highest BCUT2D eigenvalue weighted by Crippen LogP contribution is 2.20. The maximum absolute atomic E-state index is 12.1. The summed E-state index contributed by atoms with van der Waals surface area (Å²) in [5.41, 5.74) is 8.66. The van der Waals surface area contributed by atoms with Crippen molar-refractivity contribution in [2.45, 2.75) is 26.7 Å². The number of nitrogens with two attached hydrogens (primary N) is 1. The summed E-state index contributed by atoms with van der Waals surface area (Å²) in [5.74, 6) is 0.0471. The maximum atomic E-state index is 12.1. The number of amides is 1. The predicted octanol–water partition coefficient (Wildman–Crippen LogP) is 3.20. The molecule has 0 aliphatic rings. The van der Waals surface area contributed by atoms with Gasteiger partial charge in [0.05, 0.1) is 6.42 Å². The SMILES string of the molecule is CC(C)(CNC(=O)Cc1ccc(N)cc1)Cc1ccccc1. The van der Waals surface area contributed by atoms with Crippen LogP contribution in [0.5, 0.6) is 0 Å². The van der Waals surface area contributed by atoms with Gasteiger partial charge in [-0.05, 0) is 35.1 Å². The highest BCUT2D eigenvalue weighted by atomic mass is 16.1. The lowest BCUT2D eigenvalue weighted by Gasteiger charge is -2.25. The molecule has 0 bridgehead atoms. The van der Waals surface area contributed by atoms with Crippen molar-refractivity contribution < 1.29 is 4.79 Å². The number of hydrogen-bond acceptors (Lipinski definition) is 2. The largest absolute Gasteiger partial charge is 0.399 e. The van der Waals surface area contributed by atoms with Gasteiger partial charge in [-0.15, -0.1) is 0 Å². The van der Waals surface area contributed by atoms with Crippen LogP contribution in [-0.2, 0) is 17.6 Å². The predicted molar refractivity (Wildman–Crippen MR) is 91.5 cm³/mol. The van der Waals surface area contributed by atoms with Gasteiger partial charge >= 0.3 is 0 Å². The number of hydrogen-bond donors (Lipinski definition) is 2. The average molecular weight is 296 g/mol. The lowest BCUT2D eigenvalue weighted by atomic mass is 9.85. The molecular weight excluding hydrogens is 272 g/mol. The first-order valence-corrected chi connectivity index (χ1v) is 7.60. The van der Waals surface area contributed by atoms with Crippen LogP contribution in [0.25, 0.3) is 0 Å². The standard InChI is InChI=1S/C19H24N2O/c1-19(2,13-16-6-4-3-5-7-16)14-21-18(22)12-15-8-10-17(20)11-9-15/h3-11H,12-14,20H2,1-2H3,(H,21,22).